The highest BCUT2D eigenvalue weighted by Crippen LogP contribution is 2.23. The van der Waals surface area contributed by atoms with Crippen molar-refractivity contribution in [3.63, 3.8) is 0 Å². The first-order valence-electron chi connectivity index (χ1n) is 8.35. The number of piperidine rings is 1. The standard InChI is InChI=1S/C17H27N3O3S/c1-17(2,3)11-16(21)19-12-14-6-9-20(10-7-14)24(22,23)15-5-4-8-18-13-15/h4-5,8,13-14H,6-7,9-12H2,1-3H3,(H,19,21). The molecule has 1 N–H and O–H groups in total. The molecule has 6 nitrogen and oxygen atoms in total. The average Bonchev–Trinajstić information content (AvgIpc) is 2.52. The maximum Gasteiger partial charge on any atom is 0.244 e. The first-order chi connectivity index (χ1) is 11.2. The molecule has 24 heavy (non-hydrogen) atoms. The number of aromatic nitrogens is 1. The topological polar surface area (TPSA) is 79.4 Å². The summed E-state index contributed by atoms with van der Waals surface area (Å²) in [6.45, 7) is 7.70. The molecule has 134 valence electrons. The molecule has 0 saturated carbocycles. The van der Waals surface area contributed by atoms with E-state index in [0.29, 0.717) is 32.0 Å². The summed E-state index contributed by atoms with van der Waals surface area (Å²) in [7, 11) is -3.46. The molecule has 0 spiro atoms. The zero-order valence-electron chi connectivity index (χ0n) is 14.7. The Kier molecular flexibility index (Phi) is 5.98. The first kappa shape index (κ1) is 18.9. The Balaban J connectivity index is 1.83. The van der Waals surface area contributed by atoms with Gasteiger partial charge in [-0.05, 0) is 36.3 Å². The lowest BCUT2D eigenvalue weighted by molar-refractivity contribution is -0.123. The second-order valence-electron chi connectivity index (χ2n) is 7.58. The summed E-state index contributed by atoms with van der Waals surface area (Å²) < 4.78 is 26.6. The van der Waals surface area contributed by atoms with Gasteiger partial charge in [-0.15, -0.1) is 0 Å². The fourth-order valence-corrected chi connectivity index (χ4v) is 4.24. The second kappa shape index (κ2) is 7.61. The van der Waals surface area contributed by atoms with Gasteiger partial charge in [0, 0.05) is 38.4 Å². The molecule has 2 heterocycles. The molecular weight excluding hydrogens is 326 g/mol. The maximum atomic E-state index is 12.5. The number of sulfonamides is 1. The van der Waals surface area contributed by atoms with Crippen LogP contribution in [0.4, 0.5) is 0 Å². The van der Waals surface area contributed by atoms with Crippen LogP contribution in [0.3, 0.4) is 0 Å². The molecule has 1 fully saturated rings. The van der Waals surface area contributed by atoms with E-state index in [1.807, 2.05) is 20.8 Å². The van der Waals surface area contributed by atoms with Crippen LogP contribution in [0.25, 0.3) is 0 Å². The summed E-state index contributed by atoms with van der Waals surface area (Å²) in [6, 6.07) is 3.20. The third-order valence-corrected chi connectivity index (χ3v) is 6.01. The number of rotatable bonds is 5. The average molecular weight is 353 g/mol. The van der Waals surface area contributed by atoms with Gasteiger partial charge in [-0.25, -0.2) is 8.42 Å². The van der Waals surface area contributed by atoms with E-state index in [9.17, 15) is 13.2 Å². The molecule has 0 aliphatic carbocycles. The van der Waals surface area contributed by atoms with Crippen LogP contribution in [0, 0.1) is 11.3 Å². The lowest BCUT2D eigenvalue weighted by atomic mass is 9.91. The van der Waals surface area contributed by atoms with Crippen LogP contribution in [-0.2, 0) is 14.8 Å². The van der Waals surface area contributed by atoms with Gasteiger partial charge in [-0.2, -0.15) is 4.31 Å². The molecule has 1 aliphatic rings. The first-order valence-corrected chi connectivity index (χ1v) is 9.79. The lowest BCUT2D eigenvalue weighted by Crippen LogP contribution is -2.41. The molecule has 0 bridgehead atoms. The quantitative estimate of drug-likeness (QED) is 0.878. The number of hydrogen-bond acceptors (Lipinski definition) is 4. The van der Waals surface area contributed by atoms with Crippen LogP contribution in [-0.4, -0.2) is 43.2 Å². The Morgan fingerprint density at radius 1 is 1.33 bits per heavy atom. The number of amides is 1. The predicted octanol–water partition coefficient (Wildman–Crippen LogP) is 2.03. The molecular formula is C17H27N3O3S. The van der Waals surface area contributed by atoms with Crippen molar-refractivity contribution in [3.05, 3.63) is 24.5 Å². The molecule has 0 atom stereocenters. The molecule has 1 aliphatic heterocycles. The monoisotopic (exact) mass is 353 g/mol. The summed E-state index contributed by atoms with van der Waals surface area (Å²) in [5.74, 6) is 0.391. The number of hydrogen-bond donors (Lipinski definition) is 1. The number of nitrogens with zero attached hydrogens (tertiary/aromatic N) is 2. The van der Waals surface area contributed by atoms with Crippen molar-refractivity contribution in [2.24, 2.45) is 11.3 Å². The van der Waals surface area contributed by atoms with E-state index < -0.39 is 10.0 Å². The van der Waals surface area contributed by atoms with Crippen molar-refractivity contribution in [2.75, 3.05) is 19.6 Å². The van der Waals surface area contributed by atoms with Crippen molar-refractivity contribution >= 4 is 15.9 Å². The molecule has 7 heteroatoms. The molecule has 0 unspecified atom stereocenters. The van der Waals surface area contributed by atoms with Crippen molar-refractivity contribution in [1.82, 2.24) is 14.6 Å². The zero-order valence-corrected chi connectivity index (χ0v) is 15.5. The van der Waals surface area contributed by atoms with Gasteiger partial charge in [0.2, 0.25) is 15.9 Å². The Morgan fingerprint density at radius 2 is 2.00 bits per heavy atom. The van der Waals surface area contributed by atoms with Gasteiger partial charge < -0.3 is 5.32 Å². The van der Waals surface area contributed by atoms with Gasteiger partial charge in [0.1, 0.15) is 4.90 Å². The zero-order chi connectivity index (χ0) is 17.8. The van der Waals surface area contributed by atoms with Crippen LogP contribution in [0.2, 0.25) is 0 Å². The minimum Gasteiger partial charge on any atom is -0.356 e. The molecule has 1 amide bonds. The van der Waals surface area contributed by atoms with E-state index >= 15 is 0 Å². The Bertz CT molecular complexity index is 645. The summed E-state index contributed by atoms with van der Waals surface area (Å²) in [5, 5.41) is 2.98. The Morgan fingerprint density at radius 3 is 2.54 bits per heavy atom. The van der Waals surface area contributed by atoms with Gasteiger partial charge in [0.15, 0.2) is 0 Å². The molecule has 0 aromatic carbocycles. The Labute approximate surface area is 144 Å². The van der Waals surface area contributed by atoms with Gasteiger partial charge in [0.25, 0.3) is 0 Å². The van der Waals surface area contributed by atoms with Crippen LogP contribution in [0.1, 0.15) is 40.0 Å². The van der Waals surface area contributed by atoms with E-state index in [4.69, 9.17) is 0 Å². The highest BCUT2D eigenvalue weighted by molar-refractivity contribution is 7.89. The fraction of sp³-hybridized carbons (Fsp3) is 0.647. The summed E-state index contributed by atoms with van der Waals surface area (Å²) in [5.41, 5.74) is -0.0226. The predicted molar refractivity (Wildman–Crippen MR) is 92.8 cm³/mol. The third kappa shape index (κ3) is 5.27. The molecule has 0 radical (unpaired) electrons. The molecule has 1 aromatic rings. The normalized spacial score (nSPS) is 17.6. The van der Waals surface area contributed by atoms with E-state index in [0.717, 1.165) is 12.8 Å². The van der Waals surface area contributed by atoms with Crippen molar-refractivity contribution in [3.8, 4) is 0 Å². The number of carbonyl (C=O) groups is 1. The van der Waals surface area contributed by atoms with Crippen LogP contribution >= 0.6 is 0 Å². The number of carbonyl (C=O) groups excluding carboxylic acids is 1. The highest BCUT2D eigenvalue weighted by atomic mass is 32.2. The lowest BCUT2D eigenvalue weighted by Gasteiger charge is -2.31. The van der Waals surface area contributed by atoms with Crippen molar-refractivity contribution in [2.45, 2.75) is 44.9 Å². The maximum absolute atomic E-state index is 12.5. The van der Waals surface area contributed by atoms with Gasteiger partial charge in [0.05, 0.1) is 0 Å². The fourth-order valence-electron chi connectivity index (χ4n) is 2.80. The molecule has 1 aromatic heterocycles. The largest absolute Gasteiger partial charge is 0.356 e. The summed E-state index contributed by atoms with van der Waals surface area (Å²) in [6.07, 6.45) is 4.96. The highest BCUT2D eigenvalue weighted by Gasteiger charge is 2.29. The van der Waals surface area contributed by atoms with Crippen molar-refractivity contribution < 1.29 is 13.2 Å². The summed E-state index contributed by atoms with van der Waals surface area (Å²) in [4.78, 5) is 16.0. The second-order valence-corrected chi connectivity index (χ2v) is 9.52. The van der Waals surface area contributed by atoms with Crippen LogP contribution < -0.4 is 5.32 Å². The van der Waals surface area contributed by atoms with Gasteiger partial charge in [-0.3, -0.25) is 9.78 Å². The minimum atomic E-state index is -3.46. The third-order valence-electron chi connectivity index (χ3n) is 4.12. The number of nitrogens with one attached hydrogen (secondary N) is 1. The van der Waals surface area contributed by atoms with E-state index in [1.54, 1.807) is 18.3 Å². The molecule has 2 rings (SSSR count). The smallest absolute Gasteiger partial charge is 0.244 e. The van der Waals surface area contributed by atoms with Crippen LogP contribution in [0.5, 0.6) is 0 Å². The van der Waals surface area contributed by atoms with E-state index in [1.165, 1.54) is 10.5 Å². The van der Waals surface area contributed by atoms with Gasteiger partial charge >= 0.3 is 0 Å². The van der Waals surface area contributed by atoms with Gasteiger partial charge in [-0.1, -0.05) is 20.8 Å². The number of pyridine rings is 1. The summed E-state index contributed by atoms with van der Waals surface area (Å²) >= 11 is 0. The van der Waals surface area contributed by atoms with Crippen molar-refractivity contribution in [1.29, 1.82) is 0 Å². The SMILES string of the molecule is CC(C)(C)CC(=O)NCC1CCN(S(=O)(=O)c2cccnc2)CC1. The Hall–Kier alpha value is -1.47. The minimum absolute atomic E-state index is 0.0226. The van der Waals surface area contributed by atoms with E-state index in [-0.39, 0.29) is 16.2 Å². The molecule has 1 saturated heterocycles. The van der Waals surface area contributed by atoms with Crippen LogP contribution in [0.15, 0.2) is 29.4 Å². The van der Waals surface area contributed by atoms with E-state index in [2.05, 4.69) is 10.3 Å².